The monoisotopic (exact) mass is 745 g/mol. The number of thiophene rings is 1. The fourth-order valence-corrected chi connectivity index (χ4v) is 9.92. The molecule has 4 aromatic heterocycles. The summed E-state index contributed by atoms with van der Waals surface area (Å²) >= 11 is 1.86. The van der Waals surface area contributed by atoms with Gasteiger partial charge in [0.05, 0.1) is 38.1 Å². The van der Waals surface area contributed by atoms with E-state index >= 15 is 0 Å². The van der Waals surface area contributed by atoms with Gasteiger partial charge in [-0.25, -0.2) is 15.0 Å². The molecular formula is C51H31N5S. The molecule has 0 radical (unpaired) electrons. The lowest BCUT2D eigenvalue weighted by molar-refractivity contribution is 1.06. The van der Waals surface area contributed by atoms with E-state index in [-0.39, 0.29) is 0 Å². The van der Waals surface area contributed by atoms with E-state index in [0.29, 0.717) is 17.5 Å². The van der Waals surface area contributed by atoms with Crippen LogP contribution in [0.15, 0.2) is 188 Å². The lowest BCUT2D eigenvalue weighted by Gasteiger charge is -2.15. The molecule has 0 aliphatic rings. The molecule has 0 saturated heterocycles. The summed E-state index contributed by atoms with van der Waals surface area (Å²) in [4.78, 5) is 15.4. The van der Waals surface area contributed by atoms with Gasteiger partial charge < -0.3 is 9.13 Å². The maximum absolute atomic E-state index is 5.19. The molecule has 57 heavy (non-hydrogen) atoms. The van der Waals surface area contributed by atoms with E-state index in [9.17, 15) is 0 Å². The van der Waals surface area contributed by atoms with E-state index in [1.165, 1.54) is 52.9 Å². The fraction of sp³-hybridized carbons (Fsp3) is 0. The lowest BCUT2D eigenvalue weighted by Crippen LogP contribution is -2.03. The Labute approximate surface area is 331 Å². The van der Waals surface area contributed by atoms with Crippen LogP contribution in [0.4, 0.5) is 0 Å². The molecule has 0 N–H and O–H groups in total. The smallest absolute Gasteiger partial charge is 0.166 e. The highest BCUT2D eigenvalue weighted by molar-refractivity contribution is 7.26. The average molecular weight is 746 g/mol. The molecule has 0 spiro atoms. The van der Waals surface area contributed by atoms with Gasteiger partial charge in [0.15, 0.2) is 17.5 Å². The van der Waals surface area contributed by atoms with Crippen molar-refractivity contribution in [2.24, 2.45) is 0 Å². The third-order valence-electron chi connectivity index (χ3n) is 11.2. The highest BCUT2D eigenvalue weighted by atomic mass is 32.1. The van der Waals surface area contributed by atoms with Gasteiger partial charge in [0.2, 0.25) is 0 Å². The summed E-state index contributed by atoms with van der Waals surface area (Å²) in [6, 6.07) is 66.5. The zero-order valence-corrected chi connectivity index (χ0v) is 31.4. The molecule has 266 valence electrons. The first kappa shape index (κ1) is 31.9. The van der Waals surface area contributed by atoms with Crippen LogP contribution in [0.2, 0.25) is 0 Å². The van der Waals surface area contributed by atoms with E-state index in [4.69, 9.17) is 15.0 Å². The third kappa shape index (κ3) is 4.84. The summed E-state index contributed by atoms with van der Waals surface area (Å²) in [7, 11) is 0. The normalized spacial score (nSPS) is 11.9. The van der Waals surface area contributed by atoms with Crippen LogP contribution >= 0.6 is 11.3 Å². The molecule has 0 bridgehead atoms. The van der Waals surface area contributed by atoms with Crippen molar-refractivity contribution in [3.05, 3.63) is 188 Å². The minimum atomic E-state index is 0.621. The Kier molecular flexibility index (Phi) is 7.03. The molecule has 8 aromatic carbocycles. The Morgan fingerprint density at radius 3 is 1.67 bits per heavy atom. The van der Waals surface area contributed by atoms with Crippen molar-refractivity contribution < 1.29 is 0 Å². The summed E-state index contributed by atoms with van der Waals surface area (Å²) in [5.74, 6) is 1.89. The van der Waals surface area contributed by atoms with Crippen LogP contribution < -0.4 is 0 Å². The molecule has 12 aromatic rings. The topological polar surface area (TPSA) is 48.5 Å². The van der Waals surface area contributed by atoms with E-state index < -0.39 is 0 Å². The van der Waals surface area contributed by atoms with E-state index in [2.05, 4.69) is 161 Å². The summed E-state index contributed by atoms with van der Waals surface area (Å²) in [6.07, 6.45) is 0. The summed E-state index contributed by atoms with van der Waals surface area (Å²) in [5.41, 5.74) is 9.61. The zero-order chi connectivity index (χ0) is 37.5. The van der Waals surface area contributed by atoms with Gasteiger partial charge in [-0.2, -0.15) is 0 Å². The van der Waals surface area contributed by atoms with Crippen molar-refractivity contribution in [1.29, 1.82) is 0 Å². The lowest BCUT2D eigenvalue weighted by atomic mass is 10.1. The standard InChI is InChI=1S/C51H31N5S/c1-3-16-32(17-4-1)49-52-50(33-18-5-2-6-19-33)54-51(53-49)39-23-9-13-27-42(39)56-40-25-11-7-20-34(40)36-30-31-43-46(47(36)56)38-22-8-12-26-41(38)55(43)44-28-15-24-37-35-21-10-14-29-45(35)57-48(37)44/h1-31H. The molecule has 0 atom stereocenters. The van der Waals surface area contributed by atoms with Gasteiger partial charge in [-0.3, -0.25) is 0 Å². The molecule has 0 unspecified atom stereocenters. The van der Waals surface area contributed by atoms with Crippen molar-refractivity contribution in [3.63, 3.8) is 0 Å². The van der Waals surface area contributed by atoms with Gasteiger partial charge in [0.1, 0.15) is 0 Å². The molecule has 0 fully saturated rings. The molecule has 0 saturated carbocycles. The maximum atomic E-state index is 5.19. The highest BCUT2D eigenvalue weighted by Gasteiger charge is 2.24. The van der Waals surface area contributed by atoms with E-state index in [1.54, 1.807) is 0 Å². The summed E-state index contributed by atoms with van der Waals surface area (Å²) < 4.78 is 7.49. The second kappa shape index (κ2) is 12.6. The van der Waals surface area contributed by atoms with Gasteiger partial charge in [0.25, 0.3) is 0 Å². The SMILES string of the molecule is c1ccc(-c2nc(-c3ccccc3)nc(-c3ccccc3-n3c4ccccc4c4ccc5c(c6ccccc6n5-c5cccc6c5sc5ccccc56)c43)n2)cc1. The Hall–Kier alpha value is -7.41. The first-order valence-electron chi connectivity index (χ1n) is 19.1. The second-order valence-electron chi connectivity index (χ2n) is 14.4. The molecular weight excluding hydrogens is 715 g/mol. The first-order chi connectivity index (χ1) is 28.3. The minimum absolute atomic E-state index is 0.621. The molecule has 12 rings (SSSR count). The summed E-state index contributed by atoms with van der Waals surface area (Å²) in [5, 5.41) is 7.38. The van der Waals surface area contributed by atoms with Crippen LogP contribution in [-0.2, 0) is 0 Å². The van der Waals surface area contributed by atoms with Crippen LogP contribution in [0.1, 0.15) is 0 Å². The number of benzene rings is 8. The number of hydrogen-bond acceptors (Lipinski definition) is 4. The Morgan fingerprint density at radius 1 is 0.351 bits per heavy atom. The van der Waals surface area contributed by atoms with E-state index in [0.717, 1.165) is 38.9 Å². The number of para-hydroxylation sites is 3. The molecule has 0 aliphatic carbocycles. The average Bonchev–Trinajstić information content (AvgIpc) is 3.95. The van der Waals surface area contributed by atoms with Crippen LogP contribution in [0.25, 0.3) is 109 Å². The predicted octanol–water partition coefficient (Wildman–Crippen LogP) is 13.4. The quantitative estimate of drug-likeness (QED) is 0.176. The maximum Gasteiger partial charge on any atom is 0.166 e. The van der Waals surface area contributed by atoms with Gasteiger partial charge >= 0.3 is 0 Å². The van der Waals surface area contributed by atoms with Crippen LogP contribution in [0.5, 0.6) is 0 Å². The van der Waals surface area contributed by atoms with Gasteiger partial charge in [-0.1, -0.05) is 146 Å². The molecule has 6 heteroatoms. The molecule has 5 nitrogen and oxygen atoms in total. The zero-order valence-electron chi connectivity index (χ0n) is 30.5. The van der Waals surface area contributed by atoms with Crippen molar-refractivity contribution in [2.75, 3.05) is 0 Å². The Balaban J connectivity index is 1.18. The number of aromatic nitrogens is 5. The number of fused-ring (bicyclic) bond motifs is 10. The molecule has 4 heterocycles. The molecule has 0 amide bonds. The molecule has 0 aliphatic heterocycles. The van der Waals surface area contributed by atoms with Crippen molar-refractivity contribution in [2.45, 2.75) is 0 Å². The van der Waals surface area contributed by atoms with Gasteiger partial charge in [0, 0.05) is 53.7 Å². The third-order valence-corrected chi connectivity index (χ3v) is 12.4. The van der Waals surface area contributed by atoms with Crippen LogP contribution in [-0.4, -0.2) is 24.1 Å². The van der Waals surface area contributed by atoms with Gasteiger partial charge in [-0.15, -0.1) is 11.3 Å². The Morgan fingerprint density at radius 2 is 0.912 bits per heavy atom. The van der Waals surface area contributed by atoms with E-state index in [1.807, 2.05) is 47.7 Å². The predicted molar refractivity (Wildman–Crippen MR) is 238 cm³/mol. The second-order valence-corrected chi connectivity index (χ2v) is 15.4. The summed E-state index contributed by atoms with van der Waals surface area (Å²) in [6.45, 7) is 0. The number of rotatable bonds is 5. The number of nitrogens with zero attached hydrogens (tertiary/aromatic N) is 5. The largest absolute Gasteiger partial charge is 0.308 e. The first-order valence-corrected chi connectivity index (χ1v) is 19.9. The minimum Gasteiger partial charge on any atom is -0.308 e. The number of hydrogen-bond donors (Lipinski definition) is 0. The van der Waals surface area contributed by atoms with Crippen LogP contribution in [0, 0.1) is 0 Å². The fourth-order valence-electron chi connectivity index (χ4n) is 8.71. The van der Waals surface area contributed by atoms with Crippen molar-refractivity contribution >= 4 is 75.1 Å². The Bertz CT molecular complexity index is 3470. The van der Waals surface area contributed by atoms with Crippen molar-refractivity contribution in [3.8, 4) is 45.5 Å². The van der Waals surface area contributed by atoms with Crippen molar-refractivity contribution in [1.82, 2.24) is 24.1 Å². The van der Waals surface area contributed by atoms with Gasteiger partial charge in [-0.05, 0) is 42.5 Å². The highest BCUT2D eigenvalue weighted by Crippen LogP contribution is 2.45. The van der Waals surface area contributed by atoms with Crippen LogP contribution in [0.3, 0.4) is 0 Å².